The molecule has 5 nitrogen and oxygen atoms in total. The average Bonchev–Trinajstić information content (AvgIpc) is 2.86. The van der Waals surface area contributed by atoms with Crippen molar-refractivity contribution in [3.8, 4) is 0 Å². The largest absolute Gasteiger partial charge is 0.469 e. The third-order valence-electron chi connectivity index (χ3n) is 2.62. The number of esters is 1. The number of hydrogen-bond acceptors (Lipinski definition) is 4. The van der Waals surface area contributed by atoms with E-state index in [-0.39, 0.29) is 11.3 Å². The van der Waals surface area contributed by atoms with Crippen LogP contribution < -0.4 is 5.32 Å². The van der Waals surface area contributed by atoms with Crippen molar-refractivity contribution in [2.45, 2.75) is 6.92 Å². The van der Waals surface area contributed by atoms with Crippen molar-refractivity contribution in [1.29, 1.82) is 0 Å². The summed E-state index contributed by atoms with van der Waals surface area (Å²) >= 11 is 0. The van der Waals surface area contributed by atoms with Gasteiger partial charge in [-0.3, -0.25) is 4.79 Å². The van der Waals surface area contributed by atoms with E-state index < -0.39 is 30.1 Å². The van der Waals surface area contributed by atoms with E-state index in [4.69, 9.17) is 9.15 Å². The Morgan fingerprint density at radius 1 is 1.24 bits per heavy atom. The van der Waals surface area contributed by atoms with Gasteiger partial charge in [0.25, 0.3) is 5.91 Å². The molecule has 110 valence electrons. The fourth-order valence-corrected chi connectivity index (χ4v) is 1.58. The molecule has 0 bridgehead atoms. The highest BCUT2D eigenvalue weighted by atomic mass is 19.2. The minimum absolute atomic E-state index is 0.0643. The molecule has 2 aromatic rings. The number of hydrogen-bond donors (Lipinski definition) is 1. The molecule has 0 fully saturated rings. The van der Waals surface area contributed by atoms with Crippen LogP contribution in [0.15, 0.2) is 34.9 Å². The van der Waals surface area contributed by atoms with Crippen molar-refractivity contribution in [2.24, 2.45) is 0 Å². The molecule has 0 aliphatic carbocycles. The number of aryl methyl sites for hydroxylation is 1. The van der Waals surface area contributed by atoms with Crippen LogP contribution in [0.5, 0.6) is 0 Å². The number of halogens is 2. The minimum Gasteiger partial charge on any atom is -0.469 e. The van der Waals surface area contributed by atoms with Crippen LogP contribution in [-0.4, -0.2) is 18.5 Å². The maximum absolute atomic E-state index is 13.0. The monoisotopic (exact) mass is 295 g/mol. The van der Waals surface area contributed by atoms with Gasteiger partial charge in [-0.05, 0) is 25.1 Å². The summed E-state index contributed by atoms with van der Waals surface area (Å²) in [7, 11) is 0. The van der Waals surface area contributed by atoms with Gasteiger partial charge in [-0.2, -0.15) is 0 Å². The molecule has 0 radical (unpaired) electrons. The second kappa shape index (κ2) is 6.17. The SMILES string of the molecule is Cc1occc1C(=O)OCC(=O)Nc1ccc(F)c(F)c1. The smallest absolute Gasteiger partial charge is 0.342 e. The van der Waals surface area contributed by atoms with Crippen LogP contribution in [0.3, 0.4) is 0 Å². The van der Waals surface area contributed by atoms with E-state index in [1.165, 1.54) is 18.4 Å². The Hall–Kier alpha value is -2.70. The highest BCUT2D eigenvalue weighted by Gasteiger charge is 2.15. The van der Waals surface area contributed by atoms with E-state index in [0.717, 1.165) is 12.1 Å². The lowest BCUT2D eigenvalue weighted by Crippen LogP contribution is -2.21. The van der Waals surface area contributed by atoms with E-state index in [1.807, 2.05) is 0 Å². The zero-order chi connectivity index (χ0) is 15.4. The third kappa shape index (κ3) is 3.65. The van der Waals surface area contributed by atoms with Crippen molar-refractivity contribution in [3.63, 3.8) is 0 Å². The number of ether oxygens (including phenoxy) is 1. The van der Waals surface area contributed by atoms with Crippen LogP contribution in [0, 0.1) is 18.6 Å². The first-order valence-corrected chi connectivity index (χ1v) is 5.93. The lowest BCUT2D eigenvalue weighted by molar-refractivity contribution is -0.119. The second-order valence-electron chi connectivity index (χ2n) is 4.14. The summed E-state index contributed by atoms with van der Waals surface area (Å²) in [6.07, 6.45) is 1.33. The molecule has 0 unspecified atom stereocenters. The zero-order valence-corrected chi connectivity index (χ0v) is 11.0. The van der Waals surface area contributed by atoms with E-state index >= 15 is 0 Å². The number of rotatable bonds is 4. The molecule has 1 aromatic carbocycles. The summed E-state index contributed by atoms with van der Waals surface area (Å²) in [5.74, 6) is -3.10. The number of anilines is 1. The predicted molar refractivity (Wildman–Crippen MR) is 68.7 cm³/mol. The quantitative estimate of drug-likeness (QED) is 0.880. The third-order valence-corrected chi connectivity index (χ3v) is 2.62. The summed E-state index contributed by atoms with van der Waals surface area (Å²) in [5.41, 5.74) is 0.282. The van der Waals surface area contributed by atoms with Gasteiger partial charge in [-0.15, -0.1) is 0 Å². The zero-order valence-electron chi connectivity index (χ0n) is 11.0. The van der Waals surface area contributed by atoms with Crippen molar-refractivity contribution < 1.29 is 27.5 Å². The first-order valence-electron chi connectivity index (χ1n) is 5.93. The number of carbonyl (C=O) groups excluding carboxylic acids is 2. The highest BCUT2D eigenvalue weighted by Crippen LogP contribution is 2.13. The lowest BCUT2D eigenvalue weighted by atomic mass is 10.3. The Bertz CT molecular complexity index is 681. The fraction of sp³-hybridized carbons (Fsp3) is 0.143. The van der Waals surface area contributed by atoms with Gasteiger partial charge in [0.1, 0.15) is 11.3 Å². The van der Waals surface area contributed by atoms with Crippen LogP contribution in [0.4, 0.5) is 14.5 Å². The molecule has 7 heteroatoms. The number of nitrogens with one attached hydrogen (secondary N) is 1. The Morgan fingerprint density at radius 3 is 2.62 bits per heavy atom. The molecule has 21 heavy (non-hydrogen) atoms. The topological polar surface area (TPSA) is 68.5 Å². The molecule has 2 rings (SSSR count). The molecule has 1 amide bonds. The van der Waals surface area contributed by atoms with Gasteiger partial charge in [0.05, 0.1) is 6.26 Å². The summed E-state index contributed by atoms with van der Waals surface area (Å²) in [5, 5.41) is 2.28. The predicted octanol–water partition coefficient (Wildman–Crippen LogP) is 2.66. The summed E-state index contributed by atoms with van der Waals surface area (Å²) < 4.78 is 35.4. The molecule has 0 aliphatic rings. The number of amides is 1. The van der Waals surface area contributed by atoms with Gasteiger partial charge in [0.15, 0.2) is 18.2 Å². The molecule has 0 aliphatic heterocycles. The molecule has 1 heterocycles. The normalized spacial score (nSPS) is 10.2. The maximum Gasteiger partial charge on any atom is 0.342 e. The molecule has 0 saturated carbocycles. The van der Waals surface area contributed by atoms with Gasteiger partial charge < -0.3 is 14.5 Å². The summed E-state index contributed by atoms with van der Waals surface area (Å²) in [4.78, 5) is 23.2. The van der Waals surface area contributed by atoms with Crippen LogP contribution in [-0.2, 0) is 9.53 Å². The molecule has 0 atom stereocenters. The number of furan rings is 1. The second-order valence-corrected chi connectivity index (χ2v) is 4.14. The Balaban J connectivity index is 1.89. The van der Waals surface area contributed by atoms with Crippen LogP contribution in [0.25, 0.3) is 0 Å². The van der Waals surface area contributed by atoms with E-state index in [9.17, 15) is 18.4 Å². The van der Waals surface area contributed by atoms with Crippen LogP contribution in [0.2, 0.25) is 0 Å². The van der Waals surface area contributed by atoms with Gasteiger partial charge in [0.2, 0.25) is 0 Å². The minimum atomic E-state index is -1.08. The Labute approximate surface area is 118 Å². The molecule has 1 N–H and O–H groups in total. The summed E-state index contributed by atoms with van der Waals surface area (Å²) in [6, 6.07) is 4.32. The van der Waals surface area contributed by atoms with Crippen molar-refractivity contribution in [1.82, 2.24) is 0 Å². The van der Waals surface area contributed by atoms with Crippen molar-refractivity contribution >= 4 is 17.6 Å². The molecule has 1 aromatic heterocycles. The first kappa shape index (κ1) is 14.7. The van der Waals surface area contributed by atoms with E-state index in [2.05, 4.69) is 5.32 Å². The van der Waals surface area contributed by atoms with Crippen molar-refractivity contribution in [3.05, 3.63) is 53.5 Å². The lowest BCUT2D eigenvalue weighted by Gasteiger charge is -2.06. The maximum atomic E-state index is 13.0. The molecule has 0 spiro atoms. The van der Waals surface area contributed by atoms with Gasteiger partial charge in [-0.25, -0.2) is 13.6 Å². The van der Waals surface area contributed by atoms with Crippen LogP contribution >= 0.6 is 0 Å². The Kier molecular flexibility index (Phi) is 4.32. The molecular formula is C14H11F2NO4. The average molecular weight is 295 g/mol. The number of carbonyl (C=O) groups is 2. The molecule has 0 saturated heterocycles. The molecular weight excluding hydrogens is 284 g/mol. The standard InChI is InChI=1S/C14H11F2NO4/c1-8-10(4-5-20-8)14(19)21-7-13(18)17-9-2-3-11(15)12(16)6-9/h2-6H,7H2,1H3,(H,17,18). The first-order chi connectivity index (χ1) is 9.97. The Morgan fingerprint density at radius 2 is 2.00 bits per heavy atom. The van der Waals surface area contributed by atoms with E-state index in [0.29, 0.717) is 5.76 Å². The number of benzene rings is 1. The van der Waals surface area contributed by atoms with Gasteiger partial charge in [0, 0.05) is 11.8 Å². The van der Waals surface area contributed by atoms with Gasteiger partial charge in [-0.1, -0.05) is 0 Å². The van der Waals surface area contributed by atoms with Gasteiger partial charge >= 0.3 is 5.97 Å². The fourth-order valence-electron chi connectivity index (χ4n) is 1.58. The summed E-state index contributed by atoms with van der Waals surface area (Å²) in [6.45, 7) is 1.03. The van der Waals surface area contributed by atoms with Crippen LogP contribution in [0.1, 0.15) is 16.1 Å². The van der Waals surface area contributed by atoms with Crippen molar-refractivity contribution in [2.75, 3.05) is 11.9 Å². The highest BCUT2D eigenvalue weighted by molar-refractivity contribution is 5.95. The van der Waals surface area contributed by atoms with E-state index in [1.54, 1.807) is 6.92 Å².